The van der Waals surface area contributed by atoms with Gasteiger partial charge in [0.25, 0.3) is 0 Å². The minimum absolute atomic E-state index is 0.732. The maximum Gasteiger partial charge on any atom is 0.117 e. The van der Waals surface area contributed by atoms with Crippen molar-refractivity contribution >= 4 is 0 Å². The van der Waals surface area contributed by atoms with Gasteiger partial charge in [-0.05, 0) is 26.8 Å². The third-order valence-electron chi connectivity index (χ3n) is 3.19. The average molecular weight is 288 g/mol. The Morgan fingerprint density at radius 3 is 2.67 bits per heavy atom. The van der Waals surface area contributed by atoms with E-state index in [-0.39, 0.29) is 0 Å². The first-order valence-corrected chi connectivity index (χ1v) is 7.63. The van der Waals surface area contributed by atoms with Crippen molar-refractivity contribution in [3.05, 3.63) is 36.0 Å². The Kier molecular flexibility index (Phi) is 6.37. The lowest BCUT2D eigenvalue weighted by Crippen LogP contribution is -2.17. The molecule has 0 aliphatic rings. The predicted molar refractivity (Wildman–Crippen MR) is 83.9 cm³/mol. The minimum atomic E-state index is 0.732. The predicted octanol–water partition coefficient (Wildman–Crippen LogP) is 2.48. The van der Waals surface area contributed by atoms with Crippen LogP contribution in [-0.4, -0.2) is 34.8 Å². The van der Waals surface area contributed by atoms with Crippen LogP contribution in [-0.2, 0) is 17.8 Å². The molecule has 1 heterocycles. The van der Waals surface area contributed by atoms with Crippen LogP contribution in [0.4, 0.5) is 0 Å². The molecule has 114 valence electrons. The Hall–Kier alpha value is -1.72. The van der Waals surface area contributed by atoms with E-state index in [1.54, 1.807) is 4.80 Å². The standard InChI is InChI=1S/C16H24N4O/c1-3-20-18-15(13-17-11-8-12-21-4-2)16(19-20)14-9-6-5-7-10-14/h5-7,9-10,17H,3-4,8,11-13H2,1-2H3. The Bertz CT molecular complexity index is 524. The number of aromatic nitrogens is 3. The molecule has 0 unspecified atom stereocenters. The van der Waals surface area contributed by atoms with Crippen LogP contribution in [0.3, 0.4) is 0 Å². The van der Waals surface area contributed by atoms with E-state index < -0.39 is 0 Å². The van der Waals surface area contributed by atoms with Gasteiger partial charge in [0.05, 0.1) is 6.54 Å². The zero-order valence-corrected chi connectivity index (χ0v) is 12.9. The van der Waals surface area contributed by atoms with Crippen molar-refractivity contribution in [3.8, 4) is 11.3 Å². The molecule has 1 aromatic heterocycles. The smallest absolute Gasteiger partial charge is 0.117 e. The summed E-state index contributed by atoms with van der Waals surface area (Å²) in [6.07, 6.45) is 1.01. The maximum atomic E-state index is 5.33. The van der Waals surface area contributed by atoms with E-state index in [1.807, 2.05) is 32.0 Å². The zero-order valence-electron chi connectivity index (χ0n) is 12.9. The fourth-order valence-corrected chi connectivity index (χ4v) is 2.11. The largest absolute Gasteiger partial charge is 0.382 e. The number of nitrogens with one attached hydrogen (secondary N) is 1. The Morgan fingerprint density at radius 1 is 1.14 bits per heavy atom. The number of aryl methyl sites for hydroxylation is 1. The summed E-state index contributed by atoms with van der Waals surface area (Å²) in [6.45, 7) is 8.09. The van der Waals surface area contributed by atoms with Crippen LogP contribution in [0, 0.1) is 0 Å². The van der Waals surface area contributed by atoms with E-state index in [4.69, 9.17) is 4.74 Å². The zero-order chi connectivity index (χ0) is 14.9. The first kappa shape index (κ1) is 15.7. The van der Waals surface area contributed by atoms with Gasteiger partial charge in [-0.3, -0.25) is 0 Å². The summed E-state index contributed by atoms with van der Waals surface area (Å²) in [5.41, 5.74) is 3.08. The topological polar surface area (TPSA) is 52.0 Å². The third-order valence-corrected chi connectivity index (χ3v) is 3.19. The number of hydrogen-bond donors (Lipinski definition) is 1. The van der Waals surface area contributed by atoms with Gasteiger partial charge in [0.15, 0.2) is 0 Å². The molecule has 21 heavy (non-hydrogen) atoms. The normalized spacial score (nSPS) is 11.0. The summed E-state index contributed by atoms with van der Waals surface area (Å²) >= 11 is 0. The highest BCUT2D eigenvalue weighted by Gasteiger charge is 2.11. The summed E-state index contributed by atoms with van der Waals surface area (Å²) < 4.78 is 5.33. The second kappa shape index (κ2) is 8.54. The molecule has 0 spiro atoms. The molecule has 0 fully saturated rings. The average Bonchev–Trinajstić information content (AvgIpc) is 2.95. The molecule has 0 saturated carbocycles. The van der Waals surface area contributed by atoms with Crippen LogP contribution >= 0.6 is 0 Å². The molecule has 0 aliphatic heterocycles. The molecule has 5 nitrogen and oxygen atoms in total. The van der Waals surface area contributed by atoms with E-state index in [0.29, 0.717) is 0 Å². The van der Waals surface area contributed by atoms with Crippen molar-refractivity contribution in [3.63, 3.8) is 0 Å². The van der Waals surface area contributed by atoms with Crippen LogP contribution in [0.25, 0.3) is 11.3 Å². The Labute approximate surface area is 126 Å². The van der Waals surface area contributed by atoms with Crippen molar-refractivity contribution in [2.24, 2.45) is 0 Å². The molecule has 0 bridgehead atoms. The molecule has 0 saturated heterocycles. The highest BCUT2D eigenvalue weighted by atomic mass is 16.5. The van der Waals surface area contributed by atoms with E-state index in [2.05, 4.69) is 27.6 Å². The van der Waals surface area contributed by atoms with Gasteiger partial charge in [0, 0.05) is 25.3 Å². The summed E-state index contributed by atoms with van der Waals surface area (Å²) in [7, 11) is 0. The first-order chi connectivity index (χ1) is 10.3. The Balaban J connectivity index is 1.97. The van der Waals surface area contributed by atoms with Gasteiger partial charge >= 0.3 is 0 Å². The molecule has 2 rings (SSSR count). The second-order valence-electron chi connectivity index (χ2n) is 4.78. The summed E-state index contributed by atoms with van der Waals surface area (Å²) in [6, 6.07) is 10.2. The molecule has 0 radical (unpaired) electrons. The highest BCUT2D eigenvalue weighted by molar-refractivity contribution is 5.60. The molecule has 1 aromatic carbocycles. The molecule has 0 amide bonds. The first-order valence-electron chi connectivity index (χ1n) is 7.63. The van der Waals surface area contributed by atoms with Gasteiger partial charge in [0.2, 0.25) is 0 Å². The van der Waals surface area contributed by atoms with Crippen molar-refractivity contribution < 1.29 is 4.74 Å². The van der Waals surface area contributed by atoms with Crippen LogP contribution in [0.15, 0.2) is 30.3 Å². The van der Waals surface area contributed by atoms with Crippen LogP contribution in [0.1, 0.15) is 26.0 Å². The number of nitrogens with zero attached hydrogens (tertiary/aromatic N) is 3. The van der Waals surface area contributed by atoms with E-state index in [1.165, 1.54) is 0 Å². The van der Waals surface area contributed by atoms with Gasteiger partial charge in [-0.15, -0.1) is 0 Å². The van der Waals surface area contributed by atoms with Crippen LogP contribution < -0.4 is 5.32 Å². The lowest BCUT2D eigenvalue weighted by atomic mass is 10.1. The lowest BCUT2D eigenvalue weighted by Gasteiger charge is -2.04. The SMILES string of the molecule is CCOCCCNCc1nn(CC)nc1-c1ccccc1. The van der Waals surface area contributed by atoms with Crippen LogP contribution in [0.5, 0.6) is 0 Å². The minimum Gasteiger partial charge on any atom is -0.382 e. The lowest BCUT2D eigenvalue weighted by molar-refractivity contribution is 0.144. The van der Waals surface area contributed by atoms with Gasteiger partial charge in [-0.1, -0.05) is 30.3 Å². The fraction of sp³-hybridized carbons (Fsp3) is 0.500. The van der Waals surface area contributed by atoms with E-state index >= 15 is 0 Å². The number of hydrogen-bond acceptors (Lipinski definition) is 4. The van der Waals surface area contributed by atoms with Gasteiger partial charge in [-0.2, -0.15) is 15.0 Å². The van der Waals surface area contributed by atoms with Gasteiger partial charge < -0.3 is 10.1 Å². The van der Waals surface area contributed by atoms with E-state index in [9.17, 15) is 0 Å². The number of benzene rings is 1. The summed E-state index contributed by atoms with van der Waals surface area (Å²) in [5.74, 6) is 0. The second-order valence-corrected chi connectivity index (χ2v) is 4.78. The molecule has 0 atom stereocenters. The van der Waals surface area contributed by atoms with Gasteiger partial charge in [0.1, 0.15) is 11.4 Å². The molecular formula is C16H24N4O. The fourth-order valence-electron chi connectivity index (χ4n) is 2.11. The third kappa shape index (κ3) is 4.65. The molecule has 1 N–H and O–H groups in total. The van der Waals surface area contributed by atoms with Crippen molar-refractivity contribution in [2.75, 3.05) is 19.8 Å². The highest BCUT2D eigenvalue weighted by Crippen LogP contribution is 2.19. The maximum absolute atomic E-state index is 5.33. The van der Waals surface area contributed by atoms with Gasteiger partial charge in [-0.25, -0.2) is 0 Å². The van der Waals surface area contributed by atoms with Crippen molar-refractivity contribution in [1.29, 1.82) is 0 Å². The number of rotatable bonds is 9. The van der Waals surface area contributed by atoms with Crippen molar-refractivity contribution in [1.82, 2.24) is 20.3 Å². The van der Waals surface area contributed by atoms with Crippen LogP contribution in [0.2, 0.25) is 0 Å². The summed E-state index contributed by atoms with van der Waals surface area (Å²) in [4.78, 5) is 1.75. The monoisotopic (exact) mass is 288 g/mol. The Morgan fingerprint density at radius 2 is 1.95 bits per heavy atom. The quantitative estimate of drug-likeness (QED) is 0.720. The van der Waals surface area contributed by atoms with Crippen molar-refractivity contribution in [2.45, 2.75) is 33.4 Å². The summed E-state index contributed by atoms with van der Waals surface area (Å²) in [5, 5.41) is 12.5. The number of ether oxygens (including phenoxy) is 1. The molecular weight excluding hydrogens is 264 g/mol. The molecule has 5 heteroatoms. The molecule has 0 aliphatic carbocycles. The molecule has 2 aromatic rings. The van der Waals surface area contributed by atoms with E-state index in [0.717, 1.165) is 56.2 Å².